The Morgan fingerprint density at radius 1 is 1.07 bits per heavy atom. The number of benzene rings is 2. The van der Waals surface area contributed by atoms with E-state index in [-0.39, 0.29) is 11.9 Å². The maximum absolute atomic E-state index is 12.1. The van der Waals surface area contributed by atoms with Gasteiger partial charge in [-0.05, 0) is 37.5 Å². The number of anilines is 1. The van der Waals surface area contributed by atoms with Gasteiger partial charge in [0.2, 0.25) is 5.91 Å². The zero-order valence-electron chi connectivity index (χ0n) is 16.3. The first-order chi connectivity index (χ1) is 13.7. The standard InChI is InChI=1S/C22H26N4OS/c1-3-16(2)24-20(27)15-28-22-25-19-12-8-7-11-18(19)21(26-22)23-14-13-17-9-5-4-6-10-17/h4-12,16H,3,13-15H2,1-2H3,(H,24,27)(H,23,25,26). The van der Waals surface area contributed by atoms with Gasteiger partial charge in [-0.25, -0.2) is 9.97 Å². The summed E-state index contributed by atoms with van der Waals surface area (Å²) in [7, 11) is 0. The Balaban J connectivity index is 1.69. The molecule has 0 bridgehead atoms. The largest absolute Gasteiger partial charge is 0.369 e. The molecule has 1 unspecified atom stereocenters. The highest BCUT2D eigenvalue weighted by atomic mass is 32.2. The topological polar surface area (TPSA) is 66.9 Å². The van der Waals surface area contributed by atoms with Crippen LogP contribution >= 0.6 is 11.8 Å². The second-order valence-electron chi connectivity index (χ2n) is 6.70. The van der Waals surface area contributed by atoms with Gasteiger partial charge in [0.05, 0.1) is 11.3 Å². The van der Waals surface area contributed by atoms with Gasteiger partial charge in [0.25, 0.3) is 0 Å². The molecule has 0 saturated heterocycles. The smallest absolute Gasteiger partial charge is 0.230 e. The highest BCUT2D eigenvalue weighted by Gasteiger charge is 2.11. The summed E-state index contributed by atoms with van der Waals surface area (Å²) in [5.74, 6) is 1.13. The number of thioether (sulfide) groups is 1. The molecule has 0 radical (unpaired) electrons. The Bertz CT molecular complexity index is 917. The number of carbonyl (C=O) groups excluding carboxylic acids is 1. The first-order valence-electron chi connectivity index (χ1n) is 9.62. The van der Waals surface area contributed by atoms with Crippen LogP contribution in [0.15, 0.2) is 59.8 Å². The first kappa shape index (κ1) is 20.1. The van der Waals surface area contributed by atoms with Crippen LogP contribution in [0.1, 0.15) is 25.8 Å². The molecule has 3 aromatic rings. The maximum Gasteiger partial charge on any atom is 0.230 e. The highest BCUT2D eigenvalue weighted by molar-refractivity contribution is 7.99. The molecule has 0 spiro atoms. The van der Waals surface area contributed by atoms with E-state index < -0.39 is 0 Å². The van der Waals surface area contributed by atoms with Crippen molar-refractivity contribution in [3.8, 4) is 0 Å². The van der Waals surface area contributed by atoms with Gasteiger partial charge in [-0.3, -0.25) is 4.79 Å². The summed E-state index contributed by atoms with van der Waals surface area (Å²) in [5.41, 5.74) is 2.16. The van der Waals surface area contributed by atoms with Crippen molar-refractivity contribution in [3.05, 3.63) is 60.2 Å². The lowest BCUT2D eigenvalue weighted by molar-refractivity contribution is -0.119. The van der Waals surface area contributed by atoms with Crippen molar-refractivity contribution in [1.29, 1.82) is 0 Å². The van der Waals surface area contributed by atoms with E-state index in [1.807, 2.05) is 37.3 Å². The summed E-state index contributed by atoms with van der Waals surface area (Å²) in [6.07, 6.45) is 1.83. The van der Waals surface area contributed by atoms with E-state index in [1.54, 1.807) is 0 Å². The monoisotopic (exact) mass is 394 g/mol. The molecular weight excluding hydrogens is 368 g/mol. The summed E-state index contributed by atoms with van der Waals surface area (Å²) in [5, 5.41) is 8.01. The lowest BCUT2D eigenvalue weighted by atomic mass is 10.1. The van der Waals surface area contributed by atoms with E-state index in [1.165, 1.54) is 17.3 Å². The van der Waals surface area contributed by atoms with Gasteiger partial charge in [-0.1, -0.05) is 61.2 Å². The second-order valence-corrected chi connectivity index (χ2v) is 7.64. The van der Waals surface area contributed by atoms with Crippen LogP contribution in [0, 0.1) is 0 Å². The molecule has 1 heterocycles. The van der Waals surface area contributed by atoms with E-state index in [4.69, 9.17) is 0 Å². The van der Waals surface area contributed by atoms with E-state index in [9.17, 15) is 4.79 Å². The van der Waals surface area contributed by atoms with E-state index >= 15 is 0 Å². The Hall–Kier alpha value is -2.60. The number of carbonyl (C=O) groups is 1. The molecule has 6 heteroatoms. The third kappa shape index (κ3) is 5.70. The van der Waals surface area contributed by atoms with Gasteiger partial charge in [-0.2, -0.15) is 0 Å². The molecule has 28 heavy (non-hydrogen) atoms. The average molecular weight is 395 g/mol. The number of amides is 1. The van der Waals surface area contributed by atoms with Gasteiger partial charge in [0.1, 0.15) is 5.82 Å². The molecule has 146 valence electrons. The summed E-state index contributed by atoms with van der Waals surface area (Å²) in [4.78, 5) is 21.3. The summed E-state index contributed by atoms with van der Waals surface area (Å²) < 4.78 is 0. The van der Waals surface area contributed by atoms with Crippen molar-refractivity contribution in [2.45, 2.75) is 37.9 Å². The third-order valence-electron chi connectivity index (χ3n) is 4.48. The molecule has 1 amide bonds. The Labute approximate surface area is 170 Å². The van der Waals surface area contributed by atoms with Crippen LogP contribution in [0.4, 0.5) is 5.82 Å². The molecule has 3 rings (SSSR count). The van der Waals surface area contributed by atoms with Crippen LogP contribution in [0.5, 0.6) is 0 Å². The van der Waals surface area contributed by atoms with Crippen LogP contribution in [-0.2, 0) is 11.2 Å². The number of fused-ring (bicyclic) bond motifs is 1. The quantitative estimate of drug-likeness (QED) is 0.419. The molecule has 5 nitrogen and oxygen atoms in total. The molecule has 0 fully saturated rings. The minimum absolute atomic E-state index is 0.00898. The predicted molar refractivity (Wildman–Crippen MR) is 117 cm³/mol. The fraction of sp³-hybridized carbons (Fsp3) is 0.318. The fourth-order valence-electron chi connectivity index (χ4n) is 2.77. The number of nitrogens with zero attached hydrogens (tertiary/aromatic N) is 2. The minimum Gasteiger partial charge on any atom is -0.369 e. The number of para-hydroxylation sites is 1. The zero-order valence-corrected chi connectivity index (χ0v) is 17.1. The predicted octanol–water partition coefficient (Wildman–Crippen LogP) is 4.29. The van der Waals surface area contributed by atoms with Crippen LogP contribution < -0.4 is 10.6 Å². The van der Waals surface area contributed by atoms with Gasteiger partial charge in [0, 0.05) is 18.0 Å². The zero-order chi connectivity index (χ0) is 19.8. The number of aromatic nitrogens is 2. The second kappa shape index (κ2) is 10.1. The molecule has 1 atom stereocenters. The molecular formula is C22H26N4OS. The maximum atomic E-state index is 12.1. The van der Waals surface area contributed by atoms with Gasteiger partial charge in [-0.15, -0.1) is 0 Å². The Kier molecular flexibility index (Phi) is 7.25. The Morgan fingerprint density at radius 2 is 1.82 bits per heavy atom. The SMILES string of the molecule is CCC(C)NC(=O)CSc1nc(NCCc2ccccc2)c2ccccc2n1. The van der Waals surface area contributed by atoms with Crippen molar-refractivity contribution >= 4 is 34.4 Å². The number of rotatable bonds is 9. The molecule has 0 aliphatic carbocycles. The number of nitrogens with one attached hydrogen (secondary N) is 2. The molecule has 2 aromatic carbocycles. The lowest BCUT2D eigenvalue weighted by Gasteiger charge is -2.12. The number of hydrogen-bond donors (Lipinski definition) is 2. The lowest BCUT2D eigenvalue weighted by Crippen LogP contribution is -2.33. The van der Waals surface area contributed by atoms with E-state index in [0.717, 1.165) is 36.1 Å². The van der Waals surface area contributed by atoms with Crippen molar-refractivity contribution in [2.24, 2.45) is 0 Å². The van der Waals surface area contributed by atoms with Crippen molar-refractivity contribution in [1.82, 2.24) is 15.3 Å². The van der Waals surface area contributed by atoms with E-state index in [0.29, 0.717) is 10.9 Å². The van der Waals surface area contributed by atoms with Gasteiger partial charge >= 0.3 is 0 Å². The normalized spacial score (nSPS) is 11.9. The molecule has 0 aliphatic rings. The van der Waals surface area contributed by atoms with Crippen LogP contribution in [0.2, 0.25) is 0 Å². The first-order valence-corrected chi connectivity index (χ1v) is 10.6. The van der Waals surface area contributed by atoms with Gasteiger partial charge in [0.15, 0.2) is 5.16 Å². The summed E-state index contributed by atoms with van der Waals surface area (Å²) >= 11 is 1.37. The van der Waals surface area contributed by atoms with E-state index in [2.05, 4.69) is 51.8 Å². The van der Waals surface area contributed by atoms with Crippen LogP contribution in [-0.4, -0.2) is 34.2 Å². The fourth-order valence-corrected chi connectivity index (χ4v) is 3.44. The molecule has 1 aromatic heterocycles. The van der Waals surface area contributed by atoms with Crippen molar-refractivity contribution in [3.63, 3.8) is 0 Å². The summed E-state index contributed by atoms with van der Waals surface area (Å²) in [6, 6.07) is 18.5. The molecule has 2 N–H and O–H groups in total. The molecule has 0 saturated carbocycles. The van der Waals surface area contributed by atoms with Crippen molar-refractivity contribution < 1.29 is 4.79 Å². The average Bonchev–Trinajstić information content (AvgIpc) is 2.73. The highest BCUT2D eigenvalue weighted by Crippen LogP contribution is 2.24. The summed E-state index contributed by atoms with van der Waals surface area (Å²) in [6.45, 7) is 4.84. The van der Waals surface area contributed by atoms with Gasteiger partial charge < -0.3 is 10.6 Å². The number of hydrogen-bond acceptors (Lipinski definition) is 5. The third-order valence-corrected chi connectivity index (χ3v) is 5.33. The minimum atomic E-state index is 0.00898. The Morgan fingerprint density at radius 3 is 2.61 bits per heavy atom. The van der Waals surface area contributed by atoms with Crippen molar-refractivity contribution in [2.75, 3.05) is 17.6 Å². The molecule has 0 aliphatic heterocycles. The van der Waals surface area contributed by atoms with Crippen LogP contribution in [0.3, 0.4) is 0 Å². The van der Waals surface area contributed by atoms with Crippen LogP contribution in [0.25, 0.3) is 10.9 Å².